The number of morpholine rings is 1. The van der Waals surface area contributed by atoms with Gasteiger partial charge in [0.1, 0.15) is 5.69 Å². The SMILES string of the molecule is C=C(NCc1ccccc1)N(CCCN1CCOCC1)Cc1ccc(C(=O)Nc2cscc2N)nc1. The van der Waals surface area contributed by atoms with Crippen molar-refractivity contribution >= 4 is 28.6 Å². The molecule has 1 amide bonds. The first-order valence-corrected chi connectivity index (χ1v) is 13.1. The Morgan fingerprint density at radius 1 is 1.14 bits per heavy atom. The number of anilines is 2. The Hall–Kier alpha value is -3.40. The zero-order valence-electron chi connectivity index (χ0n) is 20.5. The first-order valence-electron chi connectivity index (χ1n) is 12.2. The predicted octanol–water partition coefficient (Wildman–Crippen LogP) is 3.76. The molecule has 0 saturated carbocycles. The van der Waals surface area contributed by atoms with Crippen molar-refractivity contribution < 1.29 is 9.53 Å². The number of carbonyl (C=O) groups is 1. The number of carbonyl (C=O) groups excluding carboxylic acids is 1. The Morgan fingerprint density at radius 2 is 1.94 bits per heavy atom. The summed E-state index contributed by atoms with van der Waals surface area (Å²) in [4.78, 5) is 21.6. The number of pyridine rings is 1. The molecule has 3 aromatic rings. The molecule has 2 aromatic heterocycles. The minimum absolute atomic E-state index is 0.275. The summed E-state index contributed by atoms with van der Waals surface area (Å²) in [6.07, 6.45) is 2.77. The Labute approximate surface area is 216 Å². The summed E-state index contributed by atoms with van der Waals surface area (Å²) in [7, 11) is 0. The maximum atomic E-state index is 12.5. The van der Waals surface area contributed by atoms with E-state index in [1.165, 1.54) is 16.9 Å². The lowest BCUT2D eigenvalue weighted by molar-refractivity contribution is 0.0363. The third kappa shape index (κ3) is 7.55. The first kappa shape index (κ1) is 25.7. The molecule has 3 heterocycles. The molecule has 0 aliphatic carbocycles. The van der Waals surface area contributed by atoms with Gasteiger partial charge in [-0.1, -0.05) is 43.0 Å². The number of nitrogens with zero attached hydrogens (tertiary/aromatic N) is 3. The Balaban J connectivity index is 1.36. The quantitative estimate of drug-likeness (QED) is 0.344. The van der Waals surface area contributed by atoms with Gasteiger partial charge in [0, 0.05) is 56.2 Å². The molecule has 1 aromatic carbocycles. The number of nitrogen functional groups attached to an aromatic ring is 1. The van der Waals surface area contributed by atoms with Gasteiger partial charge in [0.2, 0.25) is 0 Å². The van der Waals surface area contributed by atoms with E-state index < -0.39 is 0 Å². The normalized spacial score (nSPS) is 13.8. The summed E-state index contributed by atoms with van der Waals surface area (Å²) in [5, 5.41) is 9.88. The summed E-state index contributed by atoms with van der Waals surface area (Å²) >= 11 is 1.44. The van der Waals surface area contributed by atoms with Crippen LogP contribution >= 0.6 is 11.3 Å². The second-order valence-corrected chi connectivity index (χ2v) is 9.51. The van der Waals surface area contributed by atoms with Gasteiger partial charge >= 0.3 is 0 Å². The Morgan fingerprint density at radius 3 is 2.64 bits per heavy atom. The minimum atomic E-state index is -0.275. The fraction of sp³-hybridized carbons (Fsp3) is 0.333. The van der Waals surface area contributed by atoms with Crippen LogP contribution in [0.1, 0.15) is 28.0 Å². The molecule has 9 heteroatoms. The fourth-order valence-electron chi connectivity index (χ4n) is 4.00. The number of benzene rings is 1. The van der Waals surface area contributed by atoms with Crippen molar-refractivity contribution in [1.29, 1.82) is 0 Å². The number of hydrogen-bond donors (Lipinski definition) is 3. The lowest BCUT2D eigenvalue weighted by Crippen LogP contribution is -2.38. The first-order chi connectivity index (χ1) is 17.6. The summed E-state index contributed by atoms with van der Waals surface area (Å²) in [5.41, 5.74) is 9.60. The van der Waals surface area contributed by atoms with Crippen molar-refractivity contribution in [2.45, 2.75) is 19.5 Å². The van der Waals surface area contributed by atoms with E-state index in [0.717, 1.165) is 57.2 Å². The van der Waals surface area contributed by atoms with Gasteiger partial charge in [-0.2, -0.15) is 0 Å². The van der Waals surface area contributed by atoms with Gasteiger partial charge < -0.3 is 26.0 Å². The molecular formula is C27H34N6O2S. The van der Waals surface area contributed by atoms with Crippen LogP contribution in [0.5, 0.6) is 0 Å². The van der Waals surface area contributed by atoms with Crippen LogP contribution in [0.4, 0.5) is 11.4 Å². The second kappa shape index (κ2) is 13.1. The zero-order chi connectivity index (χ0) is 25.2. The van der Waals surface area contributed by atoms with Gasteiger partial charge in [-0.25, -0.2) is 0 Å². The summed E-state index contributed by atoms with van der Waals surface area (Å²) < 4.78 is 5.46. The molecule has 0 bridgehead atoms. The highest BCUT2D eigenvalue weighted by molar-refractivity contribution is 7.09. The molecule has 1 saturated heterocycles. The van der Waals surface area contributed by atoms with E-state index in [0.29, 0.717) is 30.2 Å². The van der Waals surface area contributed by atoms with Crippen LogP contribution in [-0.4, -0.2) is 60.1 Å². The van der Waals surface area contributed by atoms with Crippen LogP contribution in [0.2, 0.25) is 0 Å². The van der Waals surface area contributed by atoms with Gasteiger partial charge in [-0.15, -0.1) is 11.3 Å². The molecule has 190 valence electrons. The summed E-state index contributed by atoms with van der Waals surface area (Å²) in [5.74, 6) is 0.596. The topological polar surface area (TPSA) is 95.8 Å². The molecule has 1 aliphatic heterocycles. The van der Waals surface area contributed by atoms with E-state index in [1.54, 1.807) is 17.6 Å². The van der Waals surface area contributed by atoms with Crippen molar-refractivity contribution in [3.05, 3.63) is 88.6 Å². The highest BCUT2D eigenvalue weighted by Gasteiger charge is 2.14. The second-order valence-electron chi connectivity index (χ2n) is 8.76. The van der Waals surface area contributed by atoms with Crippen molar-refractivity contribution in [1.82, 2.24) is 20.1 Å². The molecule has 4 N–H and O–H groups in total. The van der Waals surface area contributed by atoms with E-state index >= 15 is 0 Å². The predicted molar refractivity (Wildman–Crippen MR) is 146 cm³/mol. The number of aromatic nitrogens is 1. The van der Waals surface area contributed by atoms with E-state index in [1.807, 2.05) is 29.6 Å². The average Bonchev–Trinajstić information content (AvgIpc) is 3.32. The molecule has 4 rings (SSSR count). The molecule has 1 aliphatic rings. The number of nitrogens with one attached hydrogen (secondary N) is 2. The fourth-order valence-corrected chi connectivity index (χ4v) is 4.67. The van der Waals surface area contributed by atoms with Crippen LogP contribution in [0.25, 0.3) is 0 Å². The lowest BCUT2D eigenvalue weighted by atomic mass is 10.2. The summed E-state index contributed by atoms with van der Waals surface area (Å²) in [6, 6.07) is 14.0. The highest BCUT2D eigenvalue weighted by atomic mass is 32.1. The van der Waals surface area contributed by atoms with Gasteiger partial charge in [0.05, 0.1) is 30.4 Å². The van der Waals surface area contributed by atoms with Crippen LogP contribution in [-0.2, 0) is 17.8 Å². The number of rotatable bonds is 12. The minimum Gasteiger partial charge on any atom is -0.396 e. The van der Waals surface area contributed by atoms with Crippen molar-refractivity contribution in [3.8, 4) is 0 Å². The molecule has 0 radical (unpaired) electrons. The molecule has 0 unspecified atom stereocenters. The molecule has 36 heavy (non-hydrogen) atoms. The Kier molecular flexibility index (Phi) is 9.32. The maximum Gasteiger partial charge on any atom is 0.274 e. The smallest absolute Gasteiger partial charge is 0.274 e. The number of nitrogens with two attached hydrogens (primary N) is 1. The molecule has 1 fully saturated rings. The van der Waals surface area contributed by atoms with E-state index in [2.05, 4.69) is 44.1 Å². The monoisotopic (exact) mass is 506 g/mol. The number of ether oxygens (including phenoxy) is 1. The van der Waals surface area contributed by atoms with E-state index in [9.17, 15) is 4.79 Å². The number of thiophene rings is 1. The average molecular weight is 507 g/mol. The van der Waals surface area contributed by atoms with Crippen molar-refractivity contribution in [2.24, 2.45) is 0 Å². The van der Waals surface area contributed by atoms with E-state index in [4.69, 9.17) is 10.5 Å². The van der Waals surface area contributed by atoms with Crippen LogP contribution in [0, 0.1) is 0 Å². The number of hydrogen-bond acceptors (Lipinski definition) is 8. The zero-order valence-corrected chi connectivity index (χ0v) is 21.3. The van der Waals surface area contributed by atoms with Gasteiger partial charge in [-0.3, -0.25) is 14.7 Å². The van der Waals surface area contributed by atoms with Crippen LogP contribution in [0.15, 0.2) is 71.8 Å². The third-order valence-electron chi connectivity index (χ3n) is 6.10. The summed E-state index contributed by atoms with van der Waals surface area (Å²) in [6.45, 7) is 11.1. The highest BCUT2D eigenvalue weighted by Crippen LogP contribution is 2.23. The molecule has 0 spiro atoms. The molecule has 8 nitrogen and oxygen atoms in total. The van der Waals surface area contributed by atoms with Crippen LogP contribution < -0.4 is 16.4 Å². The lowest BCUT2D eigenvalue weighted by Gasteiger charge is -2.30. The standard InChI is InChI=1S/C27H34N6O2S/c1-21(29-16-22-6-3-2-4-7-22)33(11-5-10-32-12-14-35-15-13-32)18-23-8-9-25(30-17-23)27(34)31-26-20-36-19-24(26)28/h2-4,6-9,17,19-20,29H,1,5,10-16,18,28H2,(H,31,34). The maximum absolute atomic E-state index is 12.5. The van der Waals surface area contributed by atoms with Gasteiger partial charge in [0.15, 0.2) is 0 Å². The Bertz CT molecular complexity index is 1110. The van der Waals surface area contributed by atoms with Crippen LogP contribution in [0.3, 0.4) is 0 Å². The largest absolute Gasteiger partial charge is 0.396 e. The molecular weight excluding hydrogens is 472 g/mol. The van der Waals surface area contributed by atoms with E-state index in [-0.39, 0.29) is 5.91 Å². The number of amides is 1. The van der Waals surface area contributed by atoms with Crippen molar-refractivity contribution in [3.63, 3.8) is 0 Å². The van der Waals surface area contributed by atoms with Gasteiger partial charge in [-0.05, 0) is 23.6 Å². The van der Waals surface area contributed by atoms with Crippen molar-refractivity contribution in [2.75, 3.05) is 50.4 Å². The molecule has 0 atom stereocenters. The third-order valence-corrected chi connectivity index (χ3v) is 6.86. The van der Waals surface area contributed by atoms with Gasteiger partial charge in [0.25, 0.3) is 5.91 Å².